The second kappa shape index (κ2) is 6.38. The van der Waals surface area contributed by atoms with Crippen molar-refractivity contribution < 1.29 is 19.7 Å². The summed E-state index contributed by atoms with van der Waals surface area (Å²) in [6, 6.07) is 16.0. The number of aromatic hydroxyl groups is 2. The van der Waals surface area contributed by atoms with E-state index in [0.29, 0.717) is 30.2 Å². The molecule has 140 valence electrons. The van der Waals surface area contributed by atoms with E-state index in [4.69, 9.17) is 9.47 Å². The molecule has 2 aromatic carbocycles. The highest BCUT2D eigenvalue weighted by molar-refractivity contribution is 5.81. The van der Waals surface area contributed by atoms with Crippen molar-refractivity contribution in [2.24, 2.45) is 0 Å². The van der Waals surface area contributed by atoms with E-state index in [0.717, 1.165) is 22.9 Å². The van der Waals surface area contributed by atoms with Crippen molar-refractivity contribution in [2.75, 3.05) is 18.5 Å². The van der Waals surface area contributed by atoms with Crippen molar-refractivity contribution >= 4 is 17.2 Å². The monoisotopic (exact) mass is 375 g/mol. The molecule has 0 saturated heterocycles. The minimum Gasteiger partial charge on any atom is -0.504 e. The van der Waals surface area contributed by atoms with Gasteiger partial charge in [-0.3, -0.25) is 4.40 Å². The van der Waals surface area contributed by atoms with Gasteiger partial charge in [0.2, 0.25) is 0 Å². The Kier molecular flexibility index (Phi) is 3.72. The fourth-order valence-corrected chi connectivity index (χ4v) is 3.25. The average molecular weight is 375 g/mol. The Morgan fingerprint density at radius 3 is 2.61 bits per heavy atom. The molecule has 0 amide bonds. The van der Waals surface area contributed by atoms with Crippen molar-refractivity contribution in [3.8, 4) is 34.3 Å². The zero-order chi connectivity index (χ0) is 19.1. The maximum Gasteiger partial charge on any atom is 0.163 e. The Labute approximate surface area is 160 Å². The van der Waals surface area contributed by atoms with Gasteiger partial charge in [-0.15, -0.1) is 0 Å². The van der Waals surface area contributed by atoms with Crippen molar-refractivity contribution in [1.82, 2.24) is 9.38 Å². The van der Waals surface area contributed by atoms with E-state index < -0.39 is 0 Å². The number of hydrogen-bond donors (Lipinski definition) is 3. The summed E-state index contributed by atoms with van der Waals surface area (Å²) >= 11 is 0. The van der Waals surface area contributed by atoms with E-state index in [1.165, 1.54) is 12.1 Å². The van der Waals surface area contributed by atoms with Gasteiger partial charge in [0.15, 0.2) is 23.0 Å². The lowest BCUT2D eigenvalue weighted by Crippen LogP contribution is -2.15. The molecule has 0 bridgehead atoms. The average Bonchev–Trinajstić information content (AvgIpc) is 3.08. The normalized spacial score (nSPS) is 12.9. The molecule has 0 unspecified atom stereocenters. The molecule has 2 aromatic heterocycles. The summed E-state index contributed by atoms with van der Waals surface area (Å²) in [6.07, 6.45) is 1.91. The maximum absolute atomic E-state index is 9.91. The topological polar surface area (TPSA) is 88.3 Å². The minimum atomic E-state index is -0.195. The van der Waals surface area contributed by atoms with Gasteiger partial charge in [0.25, 0.3) is 0 Å². The molecular formula is C21H17N3O4. The molecule has 0 aliphatic carbocycles. The molecule has 28 heavy (non-hydrogen) atoms. The standard InChI is InChI=1S/C21H17N3O4/c25-15-6-4-13(11-16(15)26)20-21(24-8-2-1-3-19(24)23-20)22-14-5-7-17-18(12-14)28-10-9-27-17/h1-8,11-12,22,25-26H,9-10H2. The van der Waals surface area contributed by atoms with Gasteiger partial charge in [-0.1, -0.05) is 6.07 Å². The summed E-state index contributed by atoms with van der Waals surface area (Å²) in [5.41, 5.74) is 2.90. The number of nitrogens with one attached hydrogen (secondary N) is 1. The molecule has 7 nitrogen and oxygen atoms in total. The van der Waals surface area contributed by atoms with Crippen LogP contribution in [0.25, 0.3) is 16.9 Å². The molecule has 3 N–H and O–H groups in total. The summed E-state index contributed by atoms with van der Waals surface area (Å²) in [7, 11) is 0. The van der Waals surface area contributed by atoms with Gasteiger partial charge in [-0.2, -0.15) is 0 Å². The lowest BCUT2D eigenvalue weighted by atomic mass is 10.1. The van der Waals surface area contributed by atoms with Crippen LogP contribution in [-0.4, -0.2) is 32.8 Å². The zero-order valence-electron chi connectivity index (χ0n) is 14.8. The molecule has 5 rings (SSSR count). The number of imidazole rings is 1. The molecule has 0 saturated carbocycles. The first-order chi connectivity index (χ1) is 13.7. The van der Waals surface area contributed by atoms with Crippen LogP contribution in [0, 0.1) is 0 Å². The van der Waals surface area contributed by atoms with E-state index in [2.05, 4.69) is 10.3 Å². The second-order valence-electron chi connectivity index (χ2n) is 6.42. The van der Waals surface area contributed by atoms with Crippen LogP contribution in [0.3, 0.4) is 0 Å². The van der Waals surface area contributed by atoms with Gasteiger partial charge in [-0.05, 0) is 42.5 Å². The number of phenols is 2. The fourth-order valence-electron chi connectivity index (χ4n) is 3.25. The molecule has 0 radical (unpaired) electrons. The van der Waals surface area contributed by atoms with Crippen LogP contribution in [0.15, 0.2) is 60.8 Å². The molecule has 7 heteroatoms. The Bertz CT molecular complexity index is 1190. The molecule has 4 aromatic rings. The van der Waals surface area contributed by atoms with Crippen LogP contribution >= 0.6 is 0 Å². The third kappa shape index (κ3) is 2.73. The Hall–Kier alpha value is -3.87. The SMILES string of the molecule is Oc1ccc(-c2nc3ccccn3c2Nc2ccc3c(c2)OCCO3)cc1O. The first-order valence-electron chi connectivity index (χ1n) is 8.85. The van der Waals surface area contributed by atoms with Gasteiger partial charge >= 0.3 is 0 Å². The third-order valence-corrected chi connectivity index (χ3v) is 4.58. The smallest absolute Gasteiger partial charge is 0.163 e. The summed E-state index contributed by atoms with van der Waals surface area (Å²) in [6.45, 7) is 1.06. The predicted octanol–water partition coefficient (Wildman–Crippen LogP) is 3.93. The summed E-state index contributed by atoms with van der Waals surface area (Å²) in [5, 5.41) is 22.9. The number of aromatic nitrogens is 2. The van der Waals surface area contributed by atoms with Gasteiger partial charge < -0.3 is 25.0 Å². The number of rotatable bonds is 3. The van der Waals surface area contributed by atoms with E-state index in [1.807, 2.05) is 47.0 Å². The number of pyridine rings is 1. The van der Waals surface area contributed by atoms with Crippen LogP contribution < -0.4 is 14.8 Å². The lowest BCUT2D eigenvalue weighted by molar-refractivity contribution is 0.171. The number of nitrogens with zero attached hydrogens (tertiary/aromatic N) is 2. The quantitative estimate of drug-likeness (QED) is 0.470. The molecule has 1 aliphatic heterocycles. The maximum atomic E-state index is 9.91. The molecule has 0 fully saturated rings. The zero-order valence-corrected chi connectivity index (χ0v) is 14.8. The van der Waals surface area contributed by atoms with E-state index in [9.17, 15) is 10.2 Å². The molecule has 1 aliphatic rings. The first kappa shape index (κ1) is 16.3. The number of ether oxygens (including phenoxy) is 2. The number of anilines is 2. The number of hydrogen-bond acceptors (Lipinski definition) is 6. The Morgan fingerprint density at radius 1 is 0.893 bits per heavy atom. The highest BCUT2D eigenvalue weighted by Gasteiger charge is 2.17. The molecule has 0 atom stereocenters. The van der Waals surface area contributed by atoms with Gasteiger partial charge in [0.1, 0.15) is 30.4 Å². The van der Waals surface area contributed by atoms with Crippen LogP contribution in [-0.2, 0) is 0 Å². The van der Waals surface area contributed by atoms with Crippen LogP contribution in [0.4, 0.5) is 11.5 Å². The number of fused-ring (bicyclic) bond motifs is 2. The van der Waals surface area contributed by atoms with Gasteiger partial charge in [0.05, 0.1) is 0 Å². The van der Waals surface area contributed by atoms with Gasteiger partial charge in [-0.25, -0.2) is 4.98 Å². The van der Waals surface area contributed by atoms with Crippen molar-refractivity contribution in [3.05, 3.63) is 60.8 Å². The van der Waals surface area contributed by atoms with Crippen LogP contribution in [0.2, 0.25) is 0 Å². The predicted molar refractivity (Wildman–Crippen MR) is 105 cm³/mol. The van der Waals surface area contributed by atoms with Crippen molar-refractivity contribution in [1.29, 1.82) is 0 Å². The Morgan fingerprint density at radius 2 is 1.75 bits per heavy atom. The minimum absolute atomic E-state index is 0.172. The number of benzene rings is 2. The summed E-state index contributed by atoms with van der Waals surface area (Å²) in [4.78, 5) is 4.69. The third-order valence-electron chi connectivity index (χ3n) is 4.58. The van der Waals surface area contributed by atoms with E-state index >= 15 is 0 Å². The first-order valence-corrected chi connectivity index (χ1v) is 8.85. The highest BCUT2D eigenvalue weighted by Crippen LogP contribution is 2.38. The van der Waals surface area contributed by atoms with Crippen LogP contribution in [0.1, 0.15) is 0 Å². The lowest BCUT2D eigenvalue weighted by Gasteiger charge is -2.19. The van der Waals surface area contributed by atoms with Crippen molar-refractivity contribution in [3.63, 3.8) is 0 Å². The summed E-state index contributed by atoms with van der Waals surface area (Å²) in [5.74, 6) is 1.78. The van der Waals surface area contributed by atoms with Gasteiger partial charge in [0, 0.05) is 23.5 Å². The fraction of sp³-hybridized carbons (Fsp3) is 0.0952. The Balaban J connectivity index is 1.62. The van der Waals surface area contributed by atoms with E-state index in [1.54, 1.807) is 6.07 Å². The largest absolute Gasteiger partial charge is 0.504 e. The summed E-state index contributed by atoms with van der Waals surface area (Å²) < 4.78 is 13.2. The second-order valence-corrected chi connectivity index (χ2v) is 6.42. The van der Waals surface area contributed by atoms with E-state index in [-0.39, 0.29) is 11.5 Å². The molecular weight excluding hydrogens is 358 g/mol. The molecule has 0 spiro atoms. The highest BCUT2D eigenvalue weighted by atomic mass is 16.6. The number of phenolic OH excluding ortho intramolecular Hbond substituents is 2. The van der Waals surface area contributed by atoms with Crippen molar-refractivity contribution in [2.45, 2.75) is 0 Å². The van der Waals surface area contributed by atoms with Crippen LogP contribution in [0.5, 0.6) is 23.0 Å². The molecule has 3 heterocycles.